The topological polar surface area (TPSA) is 131 Å². The number of thioether (sulfide) groups is 1. The van der Waals surface area contributed by atoms with Crippen molar-refractivity contribution in [3.63, 3.8) is 0 Å². The molecule has 5 N–H and O–H groups in total. The highest BCUT2D eigenvalue weighted by Crippen LogP contribution is 2.28. The number of carbonyl (C=O) groups is 2. The Hall–Kier alpha value is -3.07. The van der Waals surface area contributed by atoms with Crippen LogP contribution in [0, 0.1) is 5.92 Å². The maximum atomic E-state index is 12.6. The predicted octanol–water partition coefficient (Wildman–Crippen LogP) is 5.84. The van der Waals surface area contributed by atoms with Gasteiger partial charge in [-0.1, -0.05) is 66.4 Å². The molecule has 0 aliphatic rings. The summed E-state index contributed by atoms with van der Waals surface area (Å²) in [7, 11) is 1.59. The van der Waals surface area contributed by atoms with Crippen molar-refractivity contribution >= 4 is 63.6 Å². The molecule has 0 radical (unpaired) electrons. The van der Waals surface area contributed by atoms with Gasteiger partial charge in [0.05, 0.1) is 18.2 Å². The van der Waals surface area contributed by atoms with Gasteiger partial charge in [-0.3, -0.25) is 10.6 Å². The van der Waals surface area contributed by atoms with E-state index in [1.165, 1.54) is 17.4 Å². The summed E-state index contributed by atoms with van der Waals surface area (Å²) in [4.78, 5) is 27.6. The number of benzene rings is 2. The van der Waals surface area contributed by atoms with Gasteiger partial charge in [0.25, 0.3) is 0 Å². The van der Waals surface area contributed by atoms with Gasteiger partial charge in [-0.05, 0) is 89.4 Å². The largest absolute Gasteiger partial charge is 0.372 e. The number of aldehydes is 1. The normalized spacial score (nSPS) is 13.1. The minimum Gasteiger partial charge on any atom is -0.372 e. The lowest BCUT2D eigenvalue weighted by Gasteiger charge is -2.34. The number of hydrogen-bond donors (Lipinski definition) is 4. The van der Waals surface area contributed by atoms with Crippen LogP contribution in [0.3, 0.4) is 0 Å². The van der Waals surface area contributed by atoms with Crippen LogP contribution in [0.4, 0.5) is 11.4 Å². The molecule has 1 amide bonds. The van der Waals surface area contributed by atoms with E-state index in [0.717, 1.165) is 79.5 Å². The molecule has 50 heavy (non-hydrogen) atoms. The fraction of sp³-hybridized carbons (Fsp3) is 0.541. The highest BCUT2D eigenvalue weighted by atomic mass is 32.2. The zero-order chi connectivity index (χ0) is 37.3. The van der Waals surface area contributed by atoms with E-state index in [9.17, 15) is 9.59 Å². The summed E-state index contributed by atoms with van der Waals surface area (Å²) in [6.45, 7) is 20.2. The Morgan fingerprint density at radius 1 is 0.960 bits per heavy atom. The molecule has 2 aromatic carbocycles. The Balaban J connectivity index is 0.000000740. The molecule has 2 unspecified atom stereocenters. The summed E-state index contributed by atoms with van der Waals surface area (Å²) < 4.78 is 2.02. The maximum absolute atomic E-state index is 12.6. The highest BCUT2D eigenvalue weighted by Gasteiger charge is 2.25. The van der Waals surface area contributed by atoms with Gasteiger partial charge < -0.3 is 25.2 Å². The second kappa shape index (κ2) is 26.7. The van der Waals surface area contributed by atoms with Gasteiger partial charge in [0.2, 0.25) is 5.91 Å². The Kier molecular flexibility index (Phi) is 24.0. The van der Waals surface area contributed by atoms with Crippen molar-refractivity contribution in [1.82, 2.24) is 20.6 Å². The number of carbonyl (C=O) groups excluding carboxylic acids is 2. The van der Waals surface area contributed by atoms with E-state index >= 15 is 0 Å². The van der Waals surface area contributed by atoms with Crippen molar-refractivity contribution < 1.29 is 9.59 Å². The highest BCUT2D eigenvalue weighted by molar-refractivity contribution is 8.14. The van der Waals surface area contributed by atoms with E-state index < -0.39 is 0 Å². The van der Waals surface area contributed by atoms with Crippen LogP contribution in [0.2, 0.25) is 0 Å². The first-order valence-electron chi connectivity index (χ1n) is 17.6. The molecule has 2 aromatic rings. The average Bonchev–Trinajstić information content (AvgIpc) is 3.12. The fourth-order valence-electron chi connectivity index (χ4n) is 5.58. The van der Waals surface area contributed by atoms with Crippen molar-refractivity contribution in [3.8, 4) is 0 Å². The van der Waals surface area contributed by atoms with Crippen LogP contribution in [-0.4, -0.2) is 85.3 Å². The molecule has 13 heteroatoms. The smallest absolute Gasteiger partial charge is 0.225 e. The molecular weight excluding hydrogens is 667 g/mol. The zero-order valence-corrected chi connectivity index (χ0v) is 33.1. The van der Waals surface area contributed by atoms with E-state index in [0.29, 0.717) is 18.7 Å². The summed E-state index contributed by atoms with van der Waals surface area (Å²) >= 11 is 1.50. The molecule has 3 atom stereocenters. The molecule has 0 bridgehead atoms. The van der Waals surface area contributed by atoms with Gasteiger partial charge in [0.15, 0.2) is 0 Å². The van der Waals surface area contributed by atoms with Crippen LogP contribution in [0.25, 0.3) is 0 Å². The SMILES string of the molecule is C=N/N=C(\SCNC(=O)Cc1cccc(N(CC)CC)c1)C(CC)C[C@H](CC)N(NN)S(=C)CNC.CCN(CC)c1cccc(CC=O)c1. The van der Waals surface area contributed by atoms with Crippen molar-refractivity contribution in [3.05, 3.63) is 59.7 Å². The van der Waals surface area contributed by atoms with Crippen LogP contribution in [0.5, 0.6) is 0 Å². The number of rotatable bonds is 23. The second-order valence-electron chi connectivity index (χ2n) is 11.5. The van der Waals surface area contributed by atoms with E-state index in [1.54, 1.807) is 0 Å². The van der Waals surface area contributed by atoms with Gasteiger partial charge in [0, 0.05) is 62.7 Å². The number of nitrogens with zero attached hydrogens (tertiary/aromatic N) is 5. The standard InChI is InChI=1S/C25H46N8OS2.C12H17NO/c1-8-21(17-22(9-2)33(31-26)36(7)19-27-5)25(30-28-6)35-18-29-24(34)16-20-13-12-14-23(15-20)32(10-3)11-4;1-3-13(4-2)12-7-5-6-11(10-12)8-9-14/h12-15,21-22,27,31H,6-11,16-19,26H2,1-5H3,(H,29,34);5-7,9-10H,3-4,8H2,1-2H3/b30-25-;/t21?,22-,36?;/m0./s1. The molecule has 0 aliphatic carbocycles. The number of anilines is 2. The molecular formula is C37H63N9O2S2. The first kappa shape index (κ1) is 45.0. The number of nitrogens with two attached hydrogens (primary N) is 1. The van der Waals surface area contributed by atoms with Gasteiger partial charge in [-0.15, -0.1) is 5.10 Å². The summed E-state index contributed by atoms with van der Waals surface area (Å²) in [6.07, 6.45) is 4.43. The Morgan fingerprint density at radius 2 is 1.54 bits per heavy atom. The minimum atomic E-state index is -0.317. The van der Waals surface area contributed by atoms with E-state index in [2.05, 4.69) is 115 Å². The van der Waals surface area contributed by atoms with Crippen LogP contribution < -0.4 is 31.8 Å². The fourth-order valence-corrected chi connectivity index (χ4v) is 7.85. The van der Waals surface area contributed by atoms with Crippen LogP contribution in [0.1, 0.15) is 71.9 Å². The average molecular weight is 730 g/mol. The Morgan fingerprint density at radius 3 is 2.02 bits per heavy atom. The molecule has 0 aromatic heterocycles. The van der Waals surface area contributed by atoms with Gasteiger partial charge in [-0.25, -0.2) is 0 Å². The molecule has 280 valence electrons. The van der Waals surface area contributed by atoms with E-state index in [-0.39, 0.29) is 28.5 Å². The maximum Gasteiger partial charge on any atom is 0.225 e. The van der Waals surface area contributed by atoms with Crippen molar-refractivity contribution in [2.45, 2.75) is 79.7 Å². The Bertz CT molecular complexity index is 1320. The molecule has 0 heterocycles. The van der Waals surface area contributed by atoms with Gasteiger partial charge >= 0.3 is 0 Å². The summed E-state index contributed by atoms with van der Waals surface area (Å²) in [5.74, 6) is 11.4. The van der Waals surface area contributed by atoms with Crippen LogP contribution in [-0.2, 0) is 22.4 Å². The third-order valence-electron chi connectivity index (χ3n) is 8.34. The molecule has 0 spiro atoms. The van der Waals surface area contributed by atoms with Gasteiger partial charge in [0.1, 0.15) is 11.3 Å². The lowest BCUT2D eigenvalue weighted by molar-refractivity contribution is -0.120. The van der Waals surface area contributed by atoms with Crippen LogP contribution >= 0.6 is 22.4 Å². The predicted molar refractivity (Wildman–Crippen MR) is 221 cm³/mol. The first-order valence-corrected chi connectivity index (χ1v) is 20.2. The molecule has 0 fully saturated rings. The van der Waals surface area contributed by atoms with Crippen molar-refractivity contribution in [2.24, 2.45) is 22.0 Å². The Labute approximate surface area is 308 Å². The summed E-state index contributed by atoms with van der Waals surface area (Å²) in [5, 5.41) is 15.2. The van der Waals surface area contributed by atoms with Crippen LogP contribution in [0.15, 0.2) is 58.7 Å². The molecule has 2 rings (SSSR count). The van der Waals surface area contributed by atoms with E-state index in [1.807, 2.05) is 35.7 Å². The van der Waals surface area contributed by atoms with Crippen molar-refractivity contribution in [1.29, 1.82) is 0 Å². The molecule has 0 saturated carbocycles. The number of amides is 1. The third kappa shape index (κ3) is 15.9. The number of hydrogen-bond acceptors (Lipinski definition) is 11. The minimum absolute atomic E-state index is 0.0173. The summed E-state index contributed by atoms with van der Waals surface area (Å²) in [5.41, 5.74) is 7.27. The summed E-state index contributed by atoms with van der Waals surface area (Å²) in [6, 6.07) is 16.5. The van der Waals surface area contributed by atoms with Gasteiger partial charge in [-0.2, -0.15) is 15.1 Å². The third-order valence-corrected chi connectivity index (χ3v) is 10.9. The quantitative estimate of drug-likeness (QED) is 0.0212. The second-order valence-corrected chi connectivity index (χ2v) is 14.1. The lowest BCUT2D eigenvalue weighted by atomic mass is 9.97. The molecule has 0 saturated heterocycles. The molecule has 11 nitrogen and oxygen atoms in total. The van der Waals surface area contributed by atoms with E-state index in [4.69, 9.17) is 5.84 Å². The lowest BCUT2D eigenvalue weighted by Crippen LogP contribution is -2.47. The zero-order valence-electron chi connectivity index (χ0n) is 31.5. The number of nitrogens with one attached hydrogen (secondary N) is 3. The first-order chi connectivity index (χ1) is 24.2. The monoisotopic (exact) mass is 729 g/mol. The number of hydrazine groups is 2. The van der Waals surface area contributed by atoms with Crippen molar-refractivity contribution in [2.75, 3.05) is 54.8 Å². The molecule has 0 aliphatic heterocycles.